The summed E-state index contributed by atoms with van der Waals surface area (Å²) in [4.78, 5) is 11.0. The highest BCUT2D eigenvalue weighted by Gasteiger charge is 2.33. The third-order valence-corrected chi connectivity index (χ3v) is 6.12. The van der Waals surface area contributed by atoms with Crippen molar-refractivity contribution in [3.8, 4) is 22.8 Å². The molecule has 2 aromatic carbocycles. The number of alkyl halides is 3. The zero-order valence-electron chi connectivity index (χ0n) is 18.7. The molecule has 0 aliphatic carbocycles. The SMILES string of the molecule is CC(c1nc(-c2cccc(C(F)(F)F)c2)no1)N1CCCC(c2nc(-c3cccc(F)c3)no2)C1. The lowest BCUT2D eigenvalue weighted by atomic mass is 9.96. The third kappa shape index (κ3) is 4.95. The minimum Gasteiger partial charge on any atom is -0.339 e. The van der Waals surface area contributed by atoms with E-state index in [2.05, 4.69) is 25.2 Å². The van der Waals surface area contributed by atoms with Gasteiger partial charge in [-0.2, -0.15) is 23.1 Å². The molecule has 1 fully saturated rings. The molecular formula is C24H21F4N5O2. The first kappa shape index (κ1) is 23.2. The predicted molar refractivity (Wildman–Crippen MR) is 116 cm³/mol. The second-order valence-corrected chi connectivity index (χ2v) is 8.51. The van der Waals surface area contributed by atoms with Crippen LogP contribution in [-0.2, 0) is 6.18 Å². The Hall–Kier alpha value is -3.60. The van der Waals surface area contributed by atoms with Crippen LogP contribution in [0.2, 0.25) is 0 Å². The van der Waals surface area contributed by atoms with E-state index >= 15 is 0 Å². The summed E-state index contributed by atoms with van der Waals surface area (Å²) in [6.45, 7) is 3.26. The maximum Gasteiger partial charge on any atom is 0.416 e. The normalized spacial score (nSPS) is 18.0. The quantitative estimate of drug-likeness (QED) is 0.325. The fraction of sp³-hybridized carbons (Fsp3) is 0.333. The Morgan fingerprint density at radius 3 is 2.46 bits per heavy atom. The Kier molecular flexibility index (Phi) is 6.10. The van der Waals surface area contributed by atoms with Gasteiger partial charge >= 0.3 is 6.18 Å². The molecule has 3 heterocycles. The van der Waals surface area contributed by atoms with E-state index in [9.17, 15) is 17.6 Å². The van der Waals surface area contributed by atoms with Gasteiger partial charge < -0.3 is 9.05 Å². The Labute approximate surface area is 197 Å². The second-order valence-electron chi connectivity index (χ2n) is 8.51. The van der Waals surface area contributed by atoms with Gasteiger partial charge in [-0.25, -0.2) is 4.39 Å². The van der Waals surface area contributed by atoms with Crippen molar-refractivity contribution in [2.24, 2.45) is 0 Å². The highest BCUT2D eigenvalue weighted by atomic mass is 19.4. The number of aromatic nitrogens is 4. The van der Waals surface area contributed by atoms with Gasteiger partial charge in [0, 0.05) is 17.7 Å². The van der Waals surface area contributed by atoms with Gasteiger partial charge in [-0.15, -0.1) is 0 Å². The minimum atomic E-state index is -4.46. The van der Waals surface area contributed by atoms with E-state index in [0.29, 0.717) is 29.7 Å². The van der Waals surface area contributed by atoms with Crippen LogP contribution < -0.4 is 0 Å². The Bertz CT molecular complexity index is 1320. The van der Waals surface area contributed by atoms with E-state index in [4.69, 9.17) is 9.05 Å². The van der Waals surface area contributed by atoms with Crippen molar-refractivity contribution in [3.63, 3.8) is 0 Å². The van der Waals surface area contributed by atoms with Crippen LogP contribution in [0.3, 0.4) is 0 Å². The average Bonchev–Trinajstić information content (AvgIpc) is 3.54. The molecule has 1 saturated heterocycles. The molecule has 0 saturated carbocycles. The standard InChI is InChI=1S/C24H21F4N5O2/c1-14(22-29-20(31-34-22)15-5-2-8-18(11-15)24(26,27)28)33-10-4-7-17(13-33)23-30-21(32-35-23)16-6-3-9-19(25)12-16/h2-3,5-6,8-9,11-12,14,17H,4,7,10,13H2,1H3. The molecule has 4 aromatic rings. The van der Waals surface area contributed by atoms with Gasteiger partial charge in [-0.1, -0.05) is 34.6 Å². The van der Waals surface area contributed by atoms with Crippen LogP contribution in [0, 0.1) is 5.82 Å². The fourth-order valence-electron chi connectivity index (χ4n) is 4.22. The molecule has 0 N–H and O–H groups in total. The molecule has 0 bridgehead atoms. The molecule has 182 valence electrons. The summed E-state index contributed by atoms with van der Waals surface area (Å²) in [5, 5.41) is 7.89. The number of rotatable bonds is 5. The van der Waals surface area contributed by atoms with Gasteiger partial charge in [0.25, 0.3) is 0 Å². The van der Waals surface area contributed by atoms with Gasteiger partial charge in [0.2, 0.25) is 23.4 Å². The summed E-state index contributed by atoms with van der Waals surface area (Å²) in [6, 6.07) is 10.6. The van der Waals surface area contributed by atoms with E-state index in [1.165, 1.54) is 24.3 Å². The van der Waals surface area contributed by atoms with Crippen molar-refractivity contribution in [1.82, 2.24) is 25.2 Å². The summed E-state index contributed by atoms with van der Waals surface area (Å²) in [7, 11) is 0. The van der Waals surface area contributed by atoms with Gasteiger partial charge in [-0.05, 0) is 50.6 Å². The molecule has 1 aliphatic rings. The Morgan fingerprint density at radius 1 is 0.971 bits per heavy atom. The molecule has 2 aromatic heterocycles. The van der Waals surface area contributed by atoms with Crippen LogP contribution in [0.15, 0.2) is 57.6 Å². The van der Waals surface area contributed by atoms with Crippen LogP contribution in [0.4, 0.5) is 17.6 Å². The summed E-state index contributed by atoms with van der Waals surface area (Å²) in [5.74, 6) is 0.790. The maximum atomic E-state index is 13.5. The van der Waals surface area contributed by atoms with Gasteiger partial charge in [0.05, 0.1) is 17.5 Å². The largest absolute Gasteiger partial charge is 0.416 e. The van der Waals surface area contributed by atoms with Gasteiger partial charge in [0.15, 0.2) is 0 Å². The zero-order chi connectivity index (χ0) is 24.6. The van der Waals surface area contributed by atoms with Gasteiger partial charge in [0.1, 0.15) is 5.82 Å². The van der Waals surface area contributed by atoms with Crippen LogP contribution in [0.5, 0.6) is 0 Å². The van der Waals surface area contributed by atoms with Crippen molar-refractivity contribution in [2.45, 2.75) is 37.9 Å². The van der Waals surface area contributed by atoms with Crippen molar-refractivity contribution in [3.05, 3.63) is 71.7 Å². The number of halogens is 4. The molecule has 0 radical (unpaired) electrons. The topological polar surface area (TPSA) is 81.1 Å². The monoisotopic (exact) mass is 487 g/mol. The van der Waals surface area contributed by atoms with E-state index in [1.54, 1.807) is 12.1 Å². The smallest absolute Gasteiger partial charge is 0.339 e. The summed E-state index contributed by atoms with van der Waals surface area (Å²) in [6.07, 6.45) is -2.75. The summed E-state index contributed by atoms with van der Waals surface area (Å²) in [5.41, 5.74) is -0.00580. The van der Waals surface area contributed by atoms with Crippen molar-refractivity contribution >= 4 is 0 Å². The number of nitrogens with zero attached hydrogens (tertiary/aromatic N) is 5. The van der Waals surface area contributed by atoms with Crippen LogP contribution in [0.1, 0.15) is 49.1 Å². The van der Waals surface area contributed by atoms with Gasteiger partial charge in [-0.3, -0.25) is 4.90 Å². The first-order chi connectivity index (χ1) is 16.8. The lowest BCUT2D eigenvalue weighted by Gasteiger charge is -2.33. The molecule has 35 heavy (non-hydrogen) atoms. The summed E-state index contributed by atoms with van der Waals surface area (Å²) < 4.78 is 63.6. The van der Waals surface area contributed by atoms with Crippen LogP contribution >= 0.6 is 0 Å². The third-order valence-electron chi connectivity index (χ3n) is 6.12. The Balaban J connectivity index is 1.30. The summed E-state index contributed by atoms with van der Waals surface area (Å²) >= 11 is 0. The minimum absolute atomic E-state index is 0.0353. The number of benzene rings is 2. The van der Waals surface area contributed by atoms with E-state index < -0.39 is 11.7 Å². The molecule has 0 spiro atoms. The number of piperidine rings is 1. The molecule has 11 heteroatoms. The fourth-order valence-corrected chi connectivity index (χ4v) is 4.22. The van der Waals surface area contributed by atoms with E-state index in [0.717, 1.165) is 31.5 Å². The van der Waals surface area contributed by atoms with Crippen LogP contribution in [0.25, 0.3) is 22.8 Å². The molecule has 7 nitrogen and oxygen atoms in total. The Morgan fingerprint density at radius 2 is 1.69 bits per heavy atom. The number of hydrogen-bond donors (Lipinski definition) is 0. The van der Waals surface area contributed by atoms with E-state index in [1.807, 2.05) is 6.92 Å². The number of likely N-dealkylation sites (tertiary alicyclic amines) is 1. The van der Waals surface area contributed by atoms with Crippen LogP contribution in [-0.4, -0.2) is 38.3 Å². The second kappa shape index (κ2) is 9.21. The molecule has 0 amide bonds. The van der Waals surface area contributed by atoms with E-state index in [-0.39, 0.29) is 29.2 Å². The maximum absolute atomic E-state index is 13.5. The predicted octanol–water partition coefficient (Wildman–Crippen LogP) is 5.89. The highest BCUT2D eigenvalue weighted by molar-refractivity contribution is 5.56. The molecular weight excluding hydrogens is 466 g/mol. The molecule has 1 aliphatic heterocycles. The van der Waals surface area contributed by atoms with Crippen molar-refractivity contribution in [1.29, 1.82) is 0 Å². The van der Waals surface area contributed by atoms with Crippen molar-refractivity contribution in [2.75, 3.05) is 13.1 Å². The molecule has 5 rings (SSSR count). The lowest BCUT2D eigenvalue weighted by Crippen LogP contribution is -2.36. The molecule has 2 atom stereocenters. The number of hydrogen-bond acceptors (Lipinski definition) is 7. The average molecular weight is 487 g/mol. The van der Waals surface area contributed by atoms with Crippen molar-refractivity contribution < 1.29 is 26.6 Å². The lowest BCUT2D eigenvalue weighted by molar-refractivity contribution is -0.137. The molecule has 2 unspecified atom stereocenters. The first-order valence-electron chi connectivity index (χ1n) is 11.1. The zero-order valence-corrected chi connectivity index (χ0v) is 18.7. The highest BCUT2D eigenvalue weighted by Crippen LogP contribution is 2.34. The first-order valence-corrected chi connectivity index (χ1v) is 11.1.